The van der Waals surface area contributed by atoms with E-state index >= 15 is 0 Å². The number of benzene rings is 2. The number of nitrogens with zero attached hydrogens (tertiary/aromatic N) is 1. The molecule has 0 bridgehead atoms. The van der Waals surface area contributed by atoms with Gasteiger partial charge in [0.2, 0.25) is 15.9 Å². The summed E-state index contributed by atoms with van der Waals surface area (Å²) < 4.78 is 32.6. The number of carbonyl (C=O) groups excluding carboxylic acids is 1. The van der Waals surface area contributed by atoms with Crippen LogP contribution in [0.3, 0.4) is 0 Å². The molecule has 1 amide bonds. The summed E-state index contributed by atoms with van der Waals surface area (Å²) in [6.45, 7) is 5.88. The molecule has 1 aliphatic heterocycles. The smallest absolute Gasteiger partial charge is 0.242 e. The Morgan fingerprint density at radius 3 is 2.74 bits per heavy atom. The summed E-state index contributed by atoms with van der Waals surface area (Å²) >= 11 is 5.94. The average molecular weight is 466 g/mol. The highest BCUT2D eigenvalue weighted by Crippen LogP contribution is 2.20. The van der Waals surface area contributed by atoms with Gasteiger partial charge in [0.15, 0.2) is 0 Å². The topological polar surface area (TPSA) is 87.7 Å². The molecule has 2 N–H and O–H groups in total. The van der Waals surface area contributed by atoms with E-state index in [0.29, 0.717) is 6.54 Å². The average Bonchev–Trinajstić information content (AvgIpc) is 2.73. The van der Waals surface area contributed by atoms with Crippen molar-refractivity contribution in [2.24, 2.45) is 0 Å². The van der Waals surface area contributed by atoms with Gasteiger partial charge in [-0.2, -0.15) is 0 Å². The second kappa shape index (κ2) is 11.1. The maximum atomic E-state index is 12.3. The number of amides is 1. The molecule has 0 radical (unpaired) electrons. The summed E-state index contributed by atoms with van der Waals surface area (Å²) in [4.78, 5) is 14.5. The number of morpholine rings is 1. The van der Waals surface area contributed by atoms with Crippen molar-refractivity contribution in [3.05, 3.63) is 64.7 Å². The standard InChI is InChI=1S/C22H28ClN3O4S/c1-17-15-26(11-12-30-17)16-19-6-4-5-18(13-19)14-24-22(27)9-10-25-31(28,29)21-8-3-2-7-20(21)23/h2-8,13,17,25H,9-12,14-16H2,1H3,(H,24,27). The van der Waals surface area contributed by atoms with E-state index in [4.69, 9.17) is 16.3 Å². The van der Waals surface area contributed by atoms with Crippen LogP contribution in [0.5, 0.6) is 0 Å². The van der Waals surface area contributed by atoms with E-state index in [0.717, 1.165) is 31.8 Å². The zero-order valence-electron chi connectivity index (χ0n) is 17.5. The van der Waals surface area contributed by atoms with E-state index in [1.807, 2.05) is 12.1 Å². The molecule has 31 heavy (non-hydrogen) atoms. The van der Waals surface area contributed by atoms with Gasteiger partial charge < -0.3 is 10.1 Å². The Morgan fingerprint density at radius 1 is 1.19 bits per heavy atom. The normalized spacial score (nSPS) is 17.4. The van der Waals surface area contributed by atoms with Crippen LogP contribution in [0.4, 0.5) is 0 Å². The van der Waals surface area contributed by atoms with Crippen LogP contribution in [0.2, 0.25) is 5.02 Å². The minimum absolute atomic E-state index is 0.00329. The Kier molecular flexibility index (Phi) is 8.45. The summed E-state index contributed by atoms with van der Waals surface area (Å²) in [5.41, 5.74) is 2.19. The van der Waals surface area contributed by atoms with Crippen molar-refractivity contribution in [2.45, 2.75) is 37.4 Å². The van der Waals surface area contributed by atoms with Gasteiger partial charge in [0, 0.05) is 39.1 Å². The number of sulfonamides is 1. The van der Waals surface area contributed by atoms with Gasteiger partial charge in [-0.1, -0.05) is 48.0 Å². The van der Waals surface area contributed by atoms with E-state index in [1.165, 1.54) is 17.7 Å². The Labute approximate surface area is 188 Å². The first-order valence-corrected chi connectivity index (χ1v) is 12.1. The van der Waals surface area contributed by atoms with Crippen LogP contribution in [0, 0.1) is 0 Å². The van der Waals surface area contributed by atoms with Crippen molar-refractivity contribution in [1.82, 2.24) is 14.9 Å². The minimum Gasteiger partial charge on any atom is -0.376 e. The predicted molar refractivity (Wildman–Crippen MR) is 120 cm³/mol. The molecule has 0 spiro atoms. The molecular weight excluding hydrogens is 438 g/mol. The number of ether oxygens (including phenoxy) is 1. The minimum atomic E-state index is -3.75. The fourth-order valence-corrected chi connectivity index (χ4v) is 5.01. The second-order valence-corrected chi connectivity index (χ2v) is 9.73. The number of halogens is 1. The van der Waals surface area contributed by atoms with Crippen LogP contribution in [0.15, 0.2) is 53.4 Å². The molecule has 1 saturated heterocycles. The van der Waals surface area contributed by atoms with Crippen LogP contribution in [-0.2, 0) is 32.6 Å². The van der Waals surface area contributed by atoms with Crippen molar-refractivity contribution in [3.63, 3.8) is 0 Å². The lowest BCUT2D eigenvalue weighted by Gasteiger charge is -2.31. The second-order valence-electron chi connectivity index (χ2n) is 7.59. The summed E-state index contributed by atoms with van der Waals surface area (Å²) in [7, 11) is -3.75. The van der Waals surface area contributed by atoms with Crippen molar-refractivity contribution in [2.75, 3.05) is 26.2 Å². The Balaban J connectivity index is 1.44. The third kappa shape index (κ3) is 7.29. The van der Waals surface area contributed by atoms with Gasteiger partial charge >= 0.3 is 0 Å². The lowest BCUT2D eigenvalue weighted by atomic mass is 10.1. The van der Waals surface area contributed by atoms with Crippen LogP contribution in [0.25, 0.3) is 0 Å². The number of rotatable bonds is 9. The van der Waals surface area contributed by atoms with Crippen molar-refractivity contribution in [1.29, 1.82) is 0 Å². The maximum absolute atomic E-state index is 12.3. The highest BCUT2D eigenvalue weighted by atomic mass is 35.5. The first-order chi connectivity index (χ1) is 14.8. The van der Waals surface area contributed by atoms with Crippen molar-refractivity contribution >= 4 is 27.5 Å². The molecule has 2 aromatic rings. The van der Waals surface area contributed by atoms with Gasteiger partial charge in [-0.3, -0.25) is 9.69 Å². The van der Waals surface area contributed by atoms with E-state index in [-0.39, 0.29) is 34.9 Å². The number of hydrogen-bond acceptors (Lipinski definition) is 5. The molecule has 1 atom stereocenters. The van der Waals surface area contributed by atoms with Crippen LogP contribution in [-0.4, -0.2) is 51.6 Å². The Hall–Kier alpha value is -1.97. The maximum Gasteiger partial charge on any atom is 0.242 e. The molecule has 1 heterocycles. The number of carbonyl (C=O) groups is 1. The molecular formula is C22H28ClN3O4S. The molecule has 3 rings (SSSR count). The third-order valence-corrected chi connectivity index (χ3v) is 6.94. The summed E-state index contributed by atoms with van der Waals surface area (Å²) in [6.07, 6.45) is 0.279. The first-order valence-electron chi connectivity index (χ1n) is 10.3. The molecule has 0 aromatic heterocycles. The highest BCUT2D eigenvalue weighted by molar-refractivity contribution is 7.89. The van der Waals surface area contributed by atoms with Gasteiger partial charge in [0.25, 0.3) is 0 Å². The van der Waals surface area contributed by atoms with Gasteiger partial charge in [-0.25, -0.2) is 13.1 Å². The van der Waals surface area contributed by atoms with Crippen LogP contribution >= 0.6 is 11.6 Å². The molecule has 0 saturated carbocycles. The Bertz CT molecular complexity index is 1000. The summed E-state index contributed by atoms with van der Waals surface area (Å²) in [5, 5.41) is 2.99. The predicted octanol–water partition coefficient (Wildman–Crippen LogP) is 2.55. The van der Waals surface area contributed by atoms with E-state index in [9.17, 15) is 13.2 Å². The molecule has 7 nitrogen and oxygen atoms in total. The number of hydrogen-bond donors (Lipinski definition) is 2. The molecule has 2 aromatic carbocycles. The number of nitrogens with one attached hydrogen (secondary N) is 2. The zero-order chi connectivity index (χ0) is 22.3. The van der Waals surface area contributed by atoms with Gasteiger partial charge in [0.05, 0.1) is 17.7 Å². The fraction of sp³-hybridized carbons (Fsp3) is 0.409. The first kappa shape index (κ1) is 23.7. The quantitative estimate of drug-likeness (QED) is 0.594. The van der Waals surface area contributed by atoms with Crippen LogP contribution in [0.1, 0.15) is 24.5 Å². The van der Waals surface area contributed by atoms with Gasteiger partial charge in [-0.05, 0) is 30.2 Å². The Morgan fingerprint density at radius 2 is 1.97 bits per heavy atom. The lowest BCUT2D eigenvalue weighted by molar-refractivity contribution is -0.121. The highest BCUT2D eigenvalue weighted by Gasteiger charge is 2.18. The molecule has 1 aliphatic rings. The van der Waals surface area contributed by atoms with Crippen LogP contribution < -0.4 is 10.0 Å². The summed E-state index contributed by atoms with van der Waals surface area (Å²) in [6, 6.07) is 14.3. The van der Waals surface area contributed by atoms with Gasteiger partial charge in [-0.15, -0.1) is 0 Å². The van der Waals surface area contributed by atoms with Crippen molar-refractivity contribution < 1.29 is 17.9 Å². The molecule has 0 aliphatic carbocycles. The van der Waals surface area contributed by atoms with E-state index in [1.54, 1.807) is 12.1 Å². The summed E-state index contributed by atoms with van der Waals surface area (Å²) in [5.74, 6) is -0.228. The molecule has 1 fully saturated rings. The zero-order valence-corrected chi connectivity index (χ0v) is 19.1. The van der Waals surface area contributed by atoms with E-state index < -0.39 is 10.0 Å². The fourth-order valence-electron chi connectivity index (χ4n) is 3.46. The molecule has 1 unspecified atom stereocenters. The lowest BCUT2D eigenvalue weighted by Crippen LogP contribution is -2.40. The third-order valence-electron chi connectivity index (χ3n) is 4.98. The van der Waals surface area contributed by atoms with E-state index in [2.05, 4.69) is 34.0 Å². The largest absolute Gasteiger partial charge is 0.376 e. The molecule has 9 heteroatoms. The monoisotopic (exact) mass is 465 g/mol. The van der Waals surface area contributed by atoms with Crippen molar-refractivity contribution in [3.8, 4) is 0 Å². The SMILES string of the molecule is CC1CN(Cc2cccc(CNC(=O)CCNS(=O)(=O)c3ccccc3Cl)c2)CCO1. The van der Waals surface area contributed by atoms with Gasteiger partial charge in [0.1, 0.15) is 4.90 Å². The molecule has 168 valence electrons.